The molecule has 3 rings (SSSR count). The van der Waals surface area contributed by atoms with Gasteiger partial charge in [-0.15, -0.1) is 0 Å². The Morgan fingerprint density at radius 2 is 2.04 bits per heavy atom. The molecule has 0 bridgehead atoms. The van der Waals surface area contributed by atoms with E-state index < -0.39 is 5.97 Å². The Morgan fingerprint density at radius 3 is 2.64 bits per heavy atom. The Hall–Kier alpha value is -2.82. The lowest BCUT2D eigenvalue weighted by Crippen LogP contribution is -2.11. The Morgan fingerprint density at radius 1 is 1.28 bits per heavy atom. The van der Waals surface area contributed by atoms with E-state index in [9.17, 15) is 9.90 Å². The van der Waals surface area contributed by atoms with Gasteiger partial charge in [-0.2, -0.15) is 0 Å². The Kier molecular flexibility index (Phi) is 4.49. The third-order valence-electron chi connectivity index (χ3n) is 4.38. The van der Waals surface area contributed by atoms with Crippen molar-refractivity contribution in [1.29, 1.82) is 0 Å². The summed E-state index contributed by atoms with van der Waals surface area (Å²) in [5, 5.41) is 10.5. The lowest BCUT2D eigenvalue weighted by molar-refractivity contribution is 0.0686. The van der Waals surface area contributed by atoms with Crippen LogP contribution in [-0.4, -0.2) is 27.7 Å². The third kappa shape index (κ3) is 3.09. The summed E-state index contributed by atoms with van der Waals surface area (Å²) < 4.78 is 7.29. The van der Waals surface area contributed by atoms with Gasteiger partial charge in [-0.3, -0.25) is 4.98 Å². The number of carboxylic acids is 1. The zero-order valence-electron chi connectivity index (χ0n) is 14.9. The van der Waals surface area contributed by atoms with Crippen LogP contribution in [0.2, 0.25) is 0 Å². The van der Waals surface area contributed by atoms with E-state index in [1.807, 2.05) is 41.8 Å². The number of aromatic nitrogens is 2. The smallest absolute Gasteiger partial charge is 0.352 e. The summed E-state index contributed by atoms with van der Waals surface area (Å²) >= 11 is 0. The molecule has 5 heteroatoms. The number of fused-ring (bicyclic) bond motifs is 1. The number of benzene rings is 1. The highest BCUT2D eigenvalue weighted by Gasteiger charge is 2.21. The molecule has 0 amide bonds. The highest BCUT2D eigenvalue weighted by atomic mass is 16.5. The van der Waals surface area contributed by atoms with Crippen molar-refractivity contribution < 1.29 is 14.6 Å². The maximum atomic E-state index is 11.8. The van der Waals surface area contributed by atoms with Gasteiger partial charge in [0.05, 0.1) is 24.9 Å². The number of nitrogens with zero attached hydrogens (tertiary/aromatic N) is 2. The van der Waals surface area contributed by atoms with Gasteiger partial charge < -0.3 is 14.4 Å². The molecule has 5 nitrogen and oxygen atoms in total. The number of ether oxygens (including phenoxy) is 1. The third-order valence-corrected chi connectivity index (χ3v) is 4.38. The minimum absolute atomic E-state index is 0.240. The predicted octanol–water partition coefficient (Wildman–Crippen LogP) is 4.22. The monoisotopic (exact) mass is 338 g/mol. The van der Waals surface area contributed by atoms with Gasteiger partial charge in [0.15, 0.2) is 0 Å². The molecular weight excluding hydrogens is 316 g/mol. The van der Waals surface area contributed by atoms with Crippen LogP contribution in [0.1, 0.15) is 47.2 Å². The highest BCUT2D eigenvalue weighted by Crippen LogP contribution is 2.35. The molecule has 0 unspecified atom stereocenters. The minimum atomic E-state index is -0.958. The molecule has 3 aromatic rings. The van der Waals surface area contributed by atoms with Crippen molar-refractivity contribution in [2.45, 2.75) is 33.2 Å². The second kappa shape index (κ2) is 6.59. The molecule has 0 aliphatic heterocycles. The van der Waals surface area contributed by atoms with Crippen LogP contribution in [0, 0.1) is 6.92 Å². The topological polar surface area (TPSA) is 64.3 Å². The largest absolute Gasteiger partial charge is 0.496 e. The van der Waals surface area contributed by atoms with Gasteiger partial charge in [0.2, 0.25) is 0 Å². The molecule has 1 N–H and O–H groups in total. The Labute approximate surface area is 146 Å². The number of hydrogen-bond acceptors (Lipinski definition) is 3. The maximum absolute atomic E-state index is 11.8. The van der Waals surface area contributed by atoms with Gasteiger partial charge in [0.25, 0.3) is 0 Å². The SMILES string of the molecule is COc1ccc(C(C)C)c2c1cc(C(=O)O)n2Cc1cccc(C)n1. The molecule has 0 spiro atoms. The molecule has 0 aliphatic rings. The van der Waals surface area contributed by atoms with Crippen molar-refractivity contribution >= 4 is 16.9 Å². The second-order valence-electron chi connectivity index (χ2n) is 6.47. The summed E-state index contributed by atoms with van der Waals surface area (Å²) in [5.74, 6) is -0.0207. The van der Waals surface area contributed by atoms with Crippen molar-refractivity contribution in [2.75, 3.05) is 7.11 Å². The van der Waals surface area contributed by atoms with E-state index in [4.69, 9.17) is 4.74 Å². The van der Waals surface area contributed by atoms with E-state index in [1.165, 1.54) is 0 Å². The normalized spacial score (nSPS) is 11.2. The van der Waals surface area contributed by atoms with Crippen LogP contribution >= 0.6 is 0 Å². The van der Waals surface area contributed by atoms with E-state index in [0.29, 0.717) is 12.3 Å². The summed E-state index contributed by atoms with van der Waals surface area (Å²) in [6, 6.07) is 11.4. The van der Waals surface area contributed by atoms with Gasteiger partial charge in [-0.05, 0) is 42.7 Å². The fraction of sp³-hybridized carbons (Fsp3) is 0.300. The molecule has 0 fully saturated rings. The van der Waals surface area contributed by atoms with E-state index in [1.54, 1.807) is 13.2 Å². The van der Waals surface area contributed by atoms with Crippen molar-refractivity contribution in [3.63, 3.8) is 0 Å². The van der Waals surface area contributed by atoms with Gasteiger partial charge >= 0.3 is 5.97 Å². The molecule has 25 heavy (non-hydrogen) atoms. The highest BCUT2D eigenvalue weighted by molar-refractivity contribution is 5.98. The van der Waals surface area contributed by atoms with Crippen LogP contribution in [0.3, 0.4) is 0 Å². The van der Waals surface area contributed by atoms with Gasteiger partial charge in [-0.1, -0.05) is 26.0 Å². The number of carboxylic acid groups (broad SMARTS) is 1. The summed E-state index contributed by atoms with van der Waals surface area (Å²) in [4.78, 5) is 16.4. The van der Waals surface area contributed by atoms with Crippen molar-refractivity contribution in [3.8, 4) is 5.75 Å². The zero-order chi connectivity index (χ0) is 18.1. The van der Waals surface area contributed by atoms with Crippen LogP contribution in [0.4, 0.5) is 0 Å². The predicted molar refractivity (Wildman–Crippen MR) is 97.6 cm³/mol. The van der Waals surface area contributed by atoms with Gasteiger partial charge in [0.1, 0.15) is 11.4 Å². The average molecular weight is 338 g/mol. The summed E-state index contributed by atoms with van der Waals surface area (Å²) in [6.45, 7) is 6.53. The van der Waals surface area contributed by atoms with Crippen molar-refractivity contribution in [3.05, 3.63) is 59.0 Å². The Bertz CT molecular complexity index is 942. The maximum Gasteiger partial charge on any atom is 0.352 e. The standard InChI is InChI=1S/C20H22N2O3/c1-12(2)15-8-9-18(25-4)16-10-17(20(23)24)22(19(15)16)11-14-7-5-6-13(3)21-14/h5-10,12H,11H2,1-4H3,(H,23,24). The zero-order valence-corrected chi connectivity index (χ0v) is 14.9. The minimum Gasteiger partial charge on any atom is -0.496 e. The number of aromatic carboxylic acids is 1. The summed E-state index contributed by atoms with van der Waals surface area (Å²) in [6.07, 6.45) is 0. The lowest BCUT2D eigenvalue weighted by Gasteiger charge is -2.15. The molecule has 0 saturated heterocycles. The number of rotatable bonds is 5. The fourth-order valence-electron chi connectivity index (χ4n) is 3.22. The van der Waals surface area contributed by atoms with Crippen LogP contribution in [-0.2, 0) is 6.54 Å². The second-order valence-corrected chi connectivity index (χ2v) is 6.47. The van der Waals surface area contributed by atoms with Gasteiger partial charge in [0, 0.05) is 11.1 Å². The van der Waals surface area contributed by atoms with Crippen molar-refractivity contribution in [2.24, 2.45) is 0 Å². The van der Waals surface area contributed by atoms with E-state index in [-0.39, 0.29) is 11.6 Å². The first-order chi connectivity index (χ1) is 11.9. The van der Waals surface area contributed by atoms with Crippen molar-refractivity contribution in [1.82, 2.24) is 9.55 Å². The number of hydrogen-bond donors (Lipinski definition) is 1. The van der Waals surface area contributed by atoms with Crippen LogP contribution in [0.15, 0.2) is 36.4 Å². The number of aryl methyl sites for hydroxylation is 1. The van der Waals surface area contributed by atoms with Crippen LogP contribution < -0.4 is 4.74 Å². The molecule has 130 valence electrons. The first-order valence-corrected chi connectivity index (χ1v) is 8.28. The van der Waals surface area contributed by atoms with Gasteiger partial charge in [-0.25, -0.2) is 4.79 Å². The molecule has 0 saturated carbocycles. The first-order valence-electron chi connectivity index (χ1n) is 8.28. The average Bonchev–Trinajstić information content (AvgIpc) is 2.93. The molecular formula is C20H22N2O3. The molecule has 0 aliphatic carbocycles. The summed E-state index contributed by atoms with van der Waals surface area (Å²) in [5.41, 5.74) is 3.97. The molecule has 0 atom stereocenters. The Balaban J connectivity index is 2.30. The number of methoxy groups -OCH3 is 1. The van der Waals surface area contributed by atoms with E-state index in [0.717, 1.165) is 27.9 Å². The number of pyridine rings is 1. The molecule has 2 aromatic heterocycles. The molecule has 0 radical (unpaired) electrons. The lowest BCUT2D eigenvalue weighted by atomic mass is 10.00. The summed E-state index contributed by atoms with van der Waals surface area (Å²) in [7, 11) is 1.60. The van der Waals surface area contributed by atoms with Crippen LogP contribution in [0.25, 0.3) is 10.9 Å². The van der Waals surface area contributed by atoms with Crippen LogP contribution in [0.5, 0.6) is 5.75 Å². The fourth-order valence-corrected chi connectivity index (χ4v) is 3.22. The quantitative estimate of drug-likeness (QED) is 0.756. The first kappa shape index (κ1) is 17.0. The number of carbonyl (C=O) groups is 1. The molecule has 1 aromatic carbocycles. The van der Waals surface area contributed by atoms with E-state index >= 15 is 0 Å². The molecule has 2 heterocycles. The van der Waals surface area contributed by atoms with E-state index in [2.05, 4.69) is 18.8 Å².